The monoisotopic (exact) mass is 170 g/mol. The molecule has 0 bridgehead atoms. The van der Waals surface area contributed by atoms with Gasteiger partial charge in [-0.3, -0.25) is 0 Å². The molecule has 0 spiro atoms. The molecule has 0 fully saturated rings. The predicted molar refractivity (Wildman–Crippen MR) is 36.4 cm³/mol. The average molecular weight is 170 g/mol. The van der Waals surface area contributed by atoms with Gasteiger partial charge in [0.05, 0.1) is 6.07 Å². The molecular weight excluding hydrogens is 157 g/mol. The van der Waals surface area contributed by atoms with Crippen LogP contribution in [0.15, 0.2) is 12.7 Å². The average Bonchev–Trinajstić information content (AvgIpc) is 1.88. The minimum absolute atomic E-state index is 0. The van der Waals surface area contributed by atoms with Gasteiger partial charge in [-0.25, -0.2) is 0 Å². The van der Waals surface area contributed by atoms with Gasteiger partial charge in [0.25, 0.3) is 0 Å². The molecule has 9 heavy (non-hydrogen) atoms. The van der Waals surface area contributed by atoms with E-state index in [9.17, 15) is 0 Å². The van der Waals surface area contributed by atoms with E-state index in [1.165, 1.54) is 18.9 Å². The van der Waals surface area contributed by atoms with Crippen molar-refractivity contribution in [3.63, 3.8) is 0 Å². The first-order valence-electron chi connectivity index (χ1n) is 2.83. The van der Waals surface area contributed by atoms with Gasteiger partial charge in [0.1, 0.15) is 0 Å². The Morgan fingerprint density at radius 2 is 1.67 bits per heavy atom. The maximum Gasteiger partial charge on any atom is 0.0905 e. The Morgan fingerprint density at radius 1 is 1.44 bits per heavy atom. The number of rotatable bonds is 1. The van der Waals surface area contributed by atoms with Crippen molar-refractivity contribution in [3.8, 4) is 6.07 Å². The molecule has 2 heteroatoms. The van der Waals surface area contributed by atoms with Gasteiger partial charge >= 0.3 is 0 Å². The van der Waals surface area contributed by atoms with Crippen molar-refractivity contribution in [3.05, 3.63) is 12.7 Å². The van der Waals surface area contributed by atoms with Crippen LogP contribution in [-0.2, 0) is 16.8 Å². The molecule has 1 nitrogen and oxygen atoms in total. The fourth-order valence-corrected chi connectivity index (χ4v) is 0. The van der Waals surface area contributed by atoms with Gasteiger partial charge in [-0.1, -0.05) is 33.3 Å². The molecule has 0 unspecified atom stereocenters. The summed E-state index contributed by atoms with van der Waals surface area (Å²) >= 11 is 0. The first-order chi connectivity index (χ1) is 3.83. The van der Waals surface area contributed by atoms with E-state index in [1.807, 2.05) is 0 Å². The van der Waals surface area contributed by atoms with E-state index in [1.54, 1.807) is 6.07 Å². The number of unbranched alkanes of at least 4 members (excludes halogenated alkanes) is 1. The Bertz CT molecular complexity index is 71.5. The van der Waals surface area contributed by atoms with Crippen LogP contribution >= 0.6 is 0 Å². The maximum absolute atomic E-state index is 7.51. The topological polar surface area (TPSA) is 23.8 Å². The molecule has 0 atom stereocenters. The second-order valence-corrected chi connectivity index (χ2v) is 1.33. The van der Waals surface area contributed by atoms with Crippen molar-refractivity contribution in [2.75, 3.05) is 0 Å². The third kappa shape index (κ3) is 84.4. The molecule has 0 saturated heterocycles. The van der Waals surface area contributed by atoms with Crippen molar-refractivity contribution in [2.45, 2.75) is 26.7 Å². The van der Waals surface area contributed by atoms with E-state index in [-0.39, 0.29) is 16.8 Å². The molecule has 0 saturated carbocycles. The van der Waals surface area contributed by atoms with Gasteiger partial charge in [-0.05, 0) is 0 Å². The summed E-state index contributed by atoms with van der Waals surface area (Å²) in [6.07, 6.45) is 3.82. The molecule has 0 rings (SSSR count). The maximum atomic E-state index is 7.51. The molecule has 0 aromatic rings. The fraction of sp³-hybridized carbons (Fsp3) is 0.571. The van der Waals surface area contributed by atoms with Crippen molar-refractivity contribution < 1.29 is 16.8 Å². The summed E-state index contributed by atoms with van der Waals surface area (Å²) < 4.78 is 0. The number of allylic oxidation sites excluding steroid dienone is 1. The van der Waals surface area contributed by atoms with Crippen LogP contribution in [0.2, 0.25) is 0 Å². The van der Waals surface area contributed by atoms with Crippen LogP contribution in [0.4, 0.5) is 0 Å². The van der Waals surface area contributed by atoms with Crippen LogP contribution in [0.5, 0.6) is 0 Å². The number of nitrogens with zero attached hydrogens (tertiary/aromatic N) is 1. The van der Waals surface area contributed by atoms with E-state index < -0.39 is 0 Å². The molecule has 0 aliphatic carbocycles. The normalized spacial score (nSPS) is 5.00. The Hall–Kier alpha value is -0.264. The number of hydrogen-bond donors (Lipinski definition) is 0. The minimum Gasteiger partial charge on any atom is -0.193 e. The first-order valence-corrected chi connectivity index (χ1v) is 2.83. The largest absolute Gasteiger partial charge is 0.193 e. The van der Waals surface area contributed by atoms with Crippen LogP contribution < -0.4 is 0 Å². The van der Waals surface area contributed by atoms with Gasteiger partial charge in [-0.15, -0.1) is 0 Å². The van der Waals surface area contributed by atoms with Crippen molar-refractivity contribution in [1.29, 1.82) is 5.26 Å². The summed E-state index contributed by atoms with van der Waals surface area (Å²) in [5.74, 6) is 0. The zero-order valence-corrected chi connectivity index (χ0v) is 7.02. The van der Waals surface area contributed by atoms with Gasteiger partial charge < -0.3 is 0 Å². The summed E-state index contributed by atoms with van der Waals surface area (Å²) in [4.78, 5) is 0. The second-order valence-electron chi connectivity index (χ2n) is 1.33. The molecule has 0 aromatic carbocycles. The quantitative estimate of drug-likeness (QED) is 0.554. The SMILES string of the molecule is C=CC#N.CCCC.[Co]. The molecule has 0 N–H and O–H groups in total. The van der Waals surface area contributed by atoms with Crippen LogP contribution in [-0.4, -0.2) is 0 Å². The molecule has 0 heterocycles. The Balaban J connectivity index is -0.0000000720. The third-order valence-corrected chi connectivity index (χ3v) is 0.591. The van der Waals surface area contributed by atoms with Crippen LogP contribution in [0.1, 0.15) is 26.7 Å². The van der Waals surface area contributed by atoms with Crippen LogP contribution in [0.25, 0.3) is 0 Å². The van der Waals surface area contributed by atoms with Gasteiger partial charge in [0, 0.05) is 22.9 Å². The summed E-state index contributed by atoms with van der Waals surface area (Å²) in [6.45, 7) is 7.48. The molecule has 0 amide bonds. The molecule has 1 radical (unpaired) electrons. The van der Waals surface area contributed by atoms with Crippen molar-refractivity contribution in [1.82, 2.24) is 0 Å². The van der Waals surface area contributed by atoms with E-state index >= 15 is 0 Å². The summed E-state index contributed by atoms with van der Waals surface area (Å²) in [7, 11) is 0. The smallest absolute Gasteiger partial charge is 0.0905 e. The Morgan fingerprint density at radius 3 is 1.67 bits per heavy atom. The summed E-state index contributed by atoms with van der Waals surface area (Å²) in [5.41, 5.74) is 0. The van der Waals surface area contributed by atoms with Crippen molar-refractivity contribution in [2.24, 2.45) is 0 Å². The minimum atomic E-state index is 0. The zero-order valence-electron chi connectivity index (χ0n) is 5.98. The van der Waals surface area contributed by atoms with E-state index in [0.29, 0.717) is 0 Å². The first kappa shape index (κ1) is 15.9. The Kier molecular flexibility index (Phi) is 44.4. The zero-order chi connectivity index (χ0) is 6.83. The van der Waals surface area contributed by atoms with Gasteiger partial charge in [0.15, 0.2) is 0 Å². The van der Waals surface area contributed by atoms with Crippen LogP contribution in [0.3, 0.4) is 0 Å². The van der Waals surface area contributed by atoms with E-state index in [2.05, 4.69) is 20.4 Å². The third-order valence-electron chi connectivity index (χ3n) is 0.591. The number of hydrogen-bond acceptors (Lipinski definition) is 1. The number of nitriles is 1. The second kappa shape index (κ2) is 25.1. The van der Waals surface area contributed by atoms with Gasteiger partial charge in [-0.2, -0.15) is 5.26 Å². The standard InChI is InChI=1S/C4H10.C3H3N.Co/c1-3-4-2;1-2-3-4;/h3-4H2,1-2H3;2H,1H2;. The summed E-state index contributed by atoms with van der Waals surface area (Å²) in [6, 6.07) is 1.69. The molecule has 0 aromatic heterocycles. The molecule has 0 aliphatic heterocycles. The molecule has 55 valence electrons. The molecule has 0 aliphatic rings. The fourth-order valence-electron chi connectivity index (χ4n) is 0. The van der Waals surface area contributed by atoms with Gasteiger partial charge in [0.2, 0.25) is 0 Å². The van der Waals surface area contributed by atoms with E-state index in [0.717, 1.165) is 0 Å². The van der Waals surface area contributed by atoms with E-state index in [4.69, 9.17) is 5.26 Å². The Labute approximate surface area is 68.0 Å². The molecular formula is C7H13CoN. The van der Waals surface area contributed by atoms with Crippen molar-refractivity contribution >= 4 is 0 Å². The van der Waals surface area contributed by atoms with Crippen LogP contribution in [0, 0.1) is 11.3 Å². The summed E-state index contributed by atoms with van der Waals surface area (Å²) in [5, 5.41) is 7.51. The predicted octanol–water partition coefficient (Wildman–Crippen LogP) is 2.50.